The Hall–Kier alpha value is -1.85. The number of hydrogen-bond donors (Lipinski definition) is 1. The van der Waals surface area contributed by atoms with Gasteiger partial charge >= 0.3 is 0 Å². The first kappa shape index (κ1) is 13.6. The van der Waals surface area contributed by atoms with Gasteiger partial charge in [0.25, 0.3) is 5.69 Å². The number of nitrogens with zero attached hydrogens (tertiary/aromatic N) is 1. The third-order valence-corrected chi connectivity index (χ3v) is 2.89. The normalized spacial score (nSPS) is 10.6. The number of nitro benzene ring substituents is 1. The molecule has 0 aliphatic heterocycles. The summed E-state index contributed by atoms with van der Waals surface area (Å²) in [6.07, 6.45) is 0. The van der Waals surface area contributed by atoms with E-state index in [-0.39, 0.29) is 5.69 Å². The lowest BCUT2D eigenvalue weighted by Crippen LogP contribution is -2.13. The summed E-state index contributed by atoms with van der Waals surface area (Å²) < 4.78 is 5.40. The fourth-order valence-electron chi connectivity index (χ4n) is 1.76. The summed E-state index contributed by atoms with van der Waals surface area (Å²) >= 11 is 5.75. The number of furan rings is 1. The molecule has 1 aromatic heterocycles. The molecule has 0 radical (unpaired) electrons. The van der Waals surface area contributed by atoms with Crippen LogP contribution in [-0.2, 0) is 13.1 Å². The van der Waals surface area contributed by atoms with Crippen LogP contribution in [0, 0.1) is 17.0 Å². The quantitative estimate of drug-likeness (QED) is 0.673. The van der Waals surface area contributed by atoms with Crippen LogP contribution < -0.4 is 5.32 Å². The predicted octanol–water partition coefficient (Wildman–Crippen LogP) is 3.44. The van der Waals surface area contributed by atoms with Crippen molar-refractivity contribution < 1.29 is 9.34 Å². The first-order valence-electron chi connectivity index (χ1n) is 5.75. The van der Waals surface area contributed by atoms with Crippen molar-refractivity contribution in [3.8, 4) is 0 Å². The smallest absolute Gasteiger partial charge is 0.275 e. The Labute approximate surface area is 115 Å². The van der Waals surface area contributed by atoms with E-state index in [1.165, 1.54) is 6.07 Å². The van der Waals surface area contributed by atoms with E-state index in [9.17, 15) is 10.1 Å². The van der Waals surface area contributed by atoms with E-state index < -0.39 is 4.92 Å². The number of rotatable bonds is 5. The summed E-state index contributed by atoms with van der Waals surface area (Å²) in [5, 5.41) is 14.4. The Morgan fingerprint density at radius 1 is 1.32 bits per heavy atom. The zero-order valence-electron chi connectivity index (χ0n) is 10.4. The van der Waals surface area contributed by atoms with E-state index in [1.807, 2.05) is 19.1 Å². The summed E-state index contributed by atoms with van der Waals surface area (Å²) in [5.74, 6) is 1.64. The third kappa shape index (κ3) is 3.56. The van der Waals surface area contributed by atoms with Crippen molar-refractivity contribution in [2.24, 2.45) is 0 Å². The molecular weight excluding hydrogens is 268 g/mol. The number of benzene rings is 1. The molecule has 0 spiro atoms. The molecule has 0 unspecified atom stereocenters. The second kappa shape index (κ2) is 5.86. The maximum Gasteiger partial charge on any atom is 0.275 e. The standard InChI is InChI=1S/C13H13ClN2O3/c1-9-2-5-12(19-9)8-15-7-10-3-4-11(14)6-13(10)16(17)18/h2-6,15H,7-8H2,1H3. The highest BCUT2D eigenvalue weighted by Crippen LogP contribution is 2.23. The van der Waals surface area contributed by atoms with Gasteiger partial charge in [0.15, 0.2) is 0 Å². The second-order valence-corrected chi connectivity index (χ2v) is 4.58. The zero-order valence-corrected chi connectivity index (χ0v) is 11.1. The van der Waals surface area contributed by atoms with Crippen LogP contribution in [0.1, 0.15) is 17.1 Å². The van der Waals surface area contributed by atoms with Crippen LogP contribution in [0.15, 0.2) is 34.7 Å². The molecule has 2 rings (SSSR count). The SMILES string of the molecule is Cc1ccc(CNCc2ccc(Cl)cc2[N+](=O)[O-])o1. The average Bonchev–Trinajstić information content (AvgIpc) is 2.77. The molecule has 1 N–H and O–H groups in total. The lowest BCUT2D eigenvalue weighted by molar-refractivity contribution is -0.385. The average molecular weight is 281 g/mol. The minimum Gasteiger partial charge on any atom is -0.465 e. The molecule has 100 valence electrons. The van der Waals surface area contributed by atoms with Crippen LogP contribution in [-0.4, -0.2) is 4.92 Å². The molecule has 0 atom stereocenters. The van der Waals surface area contributed by atoms with Crippen molar-refractivity contribution in [3.05, 3.63) is 62.6 Å². The zero-order chi connectivity index (χ0) is 13.8. The third-order valence-electron chi connectivity index (χ3n) is 2.65. The van der Waals surface area contributed by atoms with Crippen molar-refractivity contribution in [1.29, 1.82) is 0 Å². The van der Waals surface area contributed by atoms with Gasteiger partial charge in [0, 0.05) is 23.2 Å². The first-order valence-corrected chi connectivity index (χ1v) is 6.13. The highest BCUT2D eigenvalue weighted by molar-refractivity contribution is 6.30. The summed E-state index contributed by atoms with van der Waals surface area (Å²) in [6, 6.07) is 8.40. The second-order valence-electron chi connectivity index (χ2n) is 4.15. The van der Waals surface area contributed by atoms with Gasteiger partial charge in [0.2, 0.25) is 0 Å². The topological polar surface area (TPSA) is 68.3 Å². The Balaban J connectivity index is 2.01. The van der Waals surface area contributed by atoms with Crippen LogP contribution in [0.25, 0.3) is 0 Å². The monoisotopic (exact) mass is 280 g/mol. The molecule has 0 bridgehead atoms. The van der Waals surface area contributed by atoms with Crippen molar-refractivity contribution >= 4 is 17.3 Å². The minimum atomic E-state index is -0.431. The first-order chi connectivity index (χ1) is 9.06. The van der Waals surface area contributed by atoms with Crippen LogP contribution >= 0.6 is 11.6 Å². The summed E-state index contributed by atoms with van der Waals surface area (Å²) in [7, 11) is 0. The Morgan fingerprint density at radius 2 is 2.11 bits per heavy atom. The maximum absolute atomic E-state index is 10.9. The molecular formula is C13H13ClN2O3. The molecule has 0 saturated carbocycles. The van der Waals surface area contributed by atoms with E-state index in [2.05, 4.69) is 5.32 Å². The number of nitrogens with one attached hydrogen (secondary N) is 1. The van der Waals surface area contributed by atoms with Gasteiger partial charge in [-0.2, -0.15) is 0 Å². The number of aryl methyl sites for hydroxylation is 1. The molecule has 19 heavy (non-hydrogen) atoms. The van der Waals surface area contributed by atoms with Gasteiger partial charge in [0.05, 0.1) is 11.5 Å². The van der Waals surface area contributed by atoms with E-state index >= 15 is 0 Å². The van der Waals surface area contributed by atoms with Crippen molar-refractivity contribution in [1.82, 2.24) is 5.32 Å². The Morgan fingerprint density at radius 3 is 2.74 bits per heavy atom. The molecule has 1 aromatic carbocycles. The Kier molecular flexibility index (Phi) is 4.19. The fraction of sp³-hybridized carbons (Fsp3) is 0.231. The van der Waals surface area contributed by atoms with Crippen LogP contribution in [0.2, 0.25) is 5.02 Å². The molecule has 0 aliphatic carbocycles. The van der Waals surface area contributed by atoms with Gasteiger partial charge < -0.3 is 9.73 Å². The largest absolute Gasteiger partial charge is 0.465 e. The van der Waals surface area contributed by atoms with Crippen molar-refractivity contribution in [3.63, 3.8) is 0 Å². The van der Waals surface area contributed by atoms with E-state index in [0.29, 0.717) is 23.7 Å². The van der Waals surface area contributed by atoms with Crippen LogP contribution in [0.4, 0.5) is 5.69 Å². The number of halogens is 1. The molecule has 0 amide bonds. The van der Waals surface area contributed by atoms with Gasteiger partial charge in [-0.25, -0.2) is 0 Å². The van der Waals surface area contributed by atoms with Gasteiger partial charge in [-0.3, -0.25) is 10.1 Å². The van der Waals surface area contributed by atoms with Crippen molar-refractivity contribution in [2.45, 2.75) is 20.0 Å². The van der Waals surface area contributed by atoms with E-state index in [0.717, 1.165) is 11.5 Å². The minimum absolute atomic E-state index is 0.0237. The maximum atomic E-state index is 10.9. The molecule has 6 heteroatoms. The Bertz CT molecular complexity index is 595. The van der Waals surface area contributed by atoms with Crippen LogP contribution in [0.3, 0.4) is 0 Å². The van der Waals surface area contributed by atoms with Crippen molar-refractivity contribution in [2.75, 3.05) is 0 Å². The van der Waals surface area contributed by atoms with E-state index in [4.69, 9.17) is 16.0 Å². The summed E-state index contributed by atoms with van der Waals surface area (Å²) in [6.45, 7) is 2.77. The van der Waals surface area contributed by atoms with Gasteiger partial charge in [0.1, 0.15) is 11.5 Å². The highest BCUT2D eigenvalue weighted by Gasteiger charge is 2.13. The van der Waals surface area contributed by atoms with Gasteiger partial charge in [-0.05, 0) is 31.2 Å². The summed E-state index contributed by atoms with van der Waals surface area (Å²) in [5.41, 5.74) is 0.619. The molecule has 0 aliphatic rings. The van der Waals surface area contributed by atoms with E-state index in [1.54, 1.807) is 12.1 Å². The number of hydrogen-bond acceptors (Lipinski definition) is 4. The molecule has 2 aromatic rings. The molecule has 1 heterocycles. The molecule has 0 fully saturated rings. The van der Waals surface area contributed by atoms with Gasteiger partial charge in [-0.1, -0.05) is 11.6 Å². The highest BCUT2D eigenvalue weighted by atomic mass is 35.5. The fourth-order valence-corrected chi connectivity index (χ4v) is 1.92. The van der Waals surface area contributed by atoms with Gasteiger partial charge in [-0.15, -0.1) is 0 Å². The van der Waals surface area contributed by atoms with Crippen LogP contribution in [0.5, 0.6) is 0 Å². The lowest BCUT2D eigenvalue weighted by atomic mass is 10.2. The lowest BCUT2D eigenvalue weighted by Gasteiger charge is -2.04. The number of nitro groups is 1. The molecule has 5 nitrogen and oxygen atoms in total. The summed E-state index contributed by atoms with van der Waals surface area (Å²) in [4.78, 5) is 10.5. The predicted molar refractivity (Wildman–Crippen MR) is 72.1 cm³/mol. The molecule has 0 saturated heterocycles.